The molecule has 4 nitrogen and oxygen atoms in total. The smallest absolute Gasteiger partial charge is 0.330 e. The minimum atomic E-state index is -4.21. The van der Waals surface area contributed by atoms with Crippen LogP contribution in [-0.2, 0) is 17.1 Å². The second-order valence-electron chi connectivity index (χ2n) is 5.64. The largest absolute Gasteiger partial charge is 0.508 e. The Morgan fingerprint density at radius 1 is 0.826 bits per heavy atom. The summed E-state index contributed by atoms with van der Waals surface area (Å²) in [5.41, 5.74) is 2.29. The van der Waals surface area contributed by atoms with Gasteiger partial charge in [0.05, 0.1) is 6.16 Å². The van der Waals surface area contributed by atoms with Gasteiger partial charge in [-0.2, -0.15) is 0 Å². The van der Waals surface area contributed by atoms with E-state index in [0.717, 1.165) is 16.5 Å². The normalized spacial score (nSPS) is 11.7. The summed E-state index contributed by atoms with van der Waals surface area (Å²) in [5, 5.41) is 12.1. The van der Waals surface area contributed by atoms with Crippen LogP contribution in [0.25, 0.3) is 10.8 Å². The molecule has 0 aliphatic rings. The third-order valence-electron chi connectivity index (χ3n) is 3.74. The Morgan fingerprint density at radius 2 is 1.48 bits per heavy atom. The molecular weight excluding hydrogens is 311 g/mol. The molecule has 3 aromatic rings. The van der Waals surface area contributed by atoms with Crippen molar-refractivity contribution >= 4 is 18.4 Å². The van der Waals surface area contributed by atoms with Crippen molar-refractivity contribution in [3.63, 3.8) is 0 Å². The molecule has 0 atom stereocenters. The van der Waals surface area contributed by atoms with E-state index < -0.39 is 13.8 Å². The molecule has 0 fully saturated rings. The zero-order chi connectivity index (χ0) is 16.4. The molecule has 0 aliphatic heterocycles. The van der Waals surface area contributed by atoms with E-state index in [0.29, 0.717) is 6.42 Å². The first-order chi connectivity index (χ1) is 10.9. The second-order valence-corrected chi connectivity index (χ2v) is 7.29. The average Bonchev–Trinajstić information content (AvgIpc) is 2.49. The van der Waals surface area contributed by atoms with Gasteiger partial charge >= 0.3 is 7.60 Å². The van der Waals surface area contributed by atoms with Gasteiger partial charge in [0, 0.05) is 5.56 Å². The zero-order valence-corrected chi connectivity index (χ0v) is 13.3. The molecule has 23 heavy (non-hydrogen) atoms. The van der Waals surface area contributed by atoms with E-state index in [1.165, 1.54) is 11.5 Å². The van der Waals surface area contributed by atoms with Crippen molar-refractivity contribution in [3.05, 3.63) is 77.4 Å². The second kappa shape index (κ2) is 6.17. The Morgan fingerprint density at radius 3 is 2.22 bits per heavy atom. The minimum absolute atomic E-state index is 0.0874. The van der Waals surface area contributed by atoms with Gasteiger partial charge in [-0.1, -0.05) is 54.6 Å². The molecular formula is C18H17O4P. The Kier molecular flexibility index (Phi) is 4.22. The molecule has 0 heterocycles. The summed E-state index contributed by atoms with van der Waals surface area (Å²) >= 11 is 0. The van der Waals surface area contributed by atoms with Gasteiger partial charge in [-0.25, -0.2) is 0 Å². The summed E-state index contributed by atoms with van der Waals surface area (Å²) in [6, 6.07) is 19.2. The highest BCUT2D eigenvalue weighted by molar-refractivity contribution is 7.50. The zero-order valence-electron chi connectivity index (χ0n) is 12.4. The Hall–Kier alpha value is -2.13. The summed E-state index contributed by atoms with van der Waals surface area (Å²) in [4.78, 5) is 18.2. The first-order valence-corrected chi connectivity index (χ1v) is 9.03. The van der Waals surface area contributed by atoms with Crippen LogP contribution in [0.4, 0.5) is 0 Å². The van der Waals surface area contributed by atoms with Crippen LogP contribution in [0.15, 0.2) is 60.7 Å². The molecule has 0 bridgehead atoms. The number of rotatable bonds is 4. The number of benzene rings is 3. The lowest BCUT2D eigenvalue weighted by Crippen LogP contribution is -1.93. The molecule has 3 N–H and O–H groups in total. The van der Waals surface area contributed by atoms with E-state index in [1.807, 2.05) is 18.2 Å². The molecule has 5 heteroatoms. The van der Waals surface area contributed by atoms with Gasteiger partial charge in [0.2, 0.25) is 0 Å². The lowest BCUT2D eigenvalue weighted by Gasteiger charge is -2.10. The van der Waals surface area contributed by atoms with Crippen LogP contribution in [0.5, 0.6) is 5.75 Å². The number of hydrogen-bond donors (Lipinski definition) is 3. The molecule has 0 unspecified atom stereocenters. The highest BCUT2D eigenvalue weighted by atomic mass is 31.2. The van der Waals surface area contributed by atoms with E-state index >= 15 is 0 Å². The molecule has 0 aromatic heterocycles. The summed E-state index contributed by atoms with van der Waals surface area (Å²) in [6.45, 7) is 0. The van der Waals surface area contributed by atoms with Crippen LogP contribution in [0.3, 0.4) is 0 Å². The maximum atomic E-state index is 11.2. The van der Waals surface area contributed by atoms with Crippen LogP contribution in [0, 0.1) is 0 Å². The van der Waals surface area contributed by atoms with Gasteiger partial charge in [-0.15, -0.1) is 0 Å². The Labute approximate surface area is 134 Å². The molecule has 0 radical (unpaired) electrons. The standard InChI is InChI=1S/C18H17O4P/c19-18-8-6-14(11-17(18)12-23(20,21)22)9-13-5-7-15-3-1-2-4-16(15)10-13/h1-8,10-11,19H,9,12H2,(H2,20,21,22). The lowest BCUT2D eigenvalue weighted by molar-refractivity contribution is 0.370. The first kappa shape index (κ1) is 15.8. The van der Waals surface area contributed by atoms with Crippen molar-refractivity contribution in [2.75, 3.05) is 0 Å². The first-order valence-electron chi connectivity index (χ1n) is 7.24. The molecule has 3 aromatic carbocycles. The maximum Gasteiger partial charge on any atom is 0.330 e. The monoisotopic (exact) mass is 328 g/mol. The minimum Gasteiger partial charge on any atom is -0.508 e. The van der Waals surface area contributed by atoms with E-state index in [1.54, 1.807) is 12.1 Å². The van der Waals surface area contributed by atoms with Gasteiger partial charge in [-0.3, -0.25) is 4.57 Å². The molecule has 3 rings (SSSR count). The SMILES string of the molecule is O=P(O)(O)Cc1cc(Cc2ccc3ccccc3c2)ccc1O. The molecule has 0 spiro atoms. The van der Waals surface area contributed by atoms with Crippen LogP contribution >= 0.6 is 7.60 Å². The number of hydrogen-bond acceptors (Lipinski definition) is 2. The summed E-state index contributed by atoms with van der Waals surface area (Å²) < 4.78 is 11.2. The van der Waals surface area contributed by atoms with Crippen LogP contribution < -0.4 is 0 Å². The highest BCUT2D eigenvalue weighted by Crippen LogP contribution is 2.41. The number of fused-ring (bicyclic) bond motifs is 1. The Bertz CT molecular complexity index is 898. The topological polar surface area (TPSA) is 77.8 Å². The lowest BCUT2D eigenvalue weighted by atomic mass is 10.00. The van der Waals surface area contributed by atoms with Gasteiger partial charge < -0.3 is 14.9 Å². The Balaban J connectivity index is 1.89. The predicted molar refractivity (Wildman–Crippen MR) is 90.6 cm³/mol. The fraction of sp³-hybridized carbons (Fsp3) is 0.111. The van der Waals surface area contributed by atoms with Gasteiger partial charge in [-0.05, 0) is 34.4 Å². The number of phenols is 1. The summed E-state index contributed by atoms with van der Waals surface area (Å²) in [7, 11) is -4.21. The van der Waals surface area contributed by atoms with Gasteiger partial charge in [0.25, 0.3) is 0 Å². The van der Waals surface area contributed by atoms with Crippen molar-refractivity contribution < 1.29 is 19.5 Å². The van der Waals surface area contributed by atoms with Crippen LogP contribution in [0.2, 0.25) is 0 Å². The molecule has 0 saturated heterocycles. The van der Waals surface area contributed by atoms with Crippen LogP contribution in [0.1, 0.15) is 16.7 Å². The van der Waals surface area contributed by atoms with E-state index in [-0.39, 0.29) is 11.3 Å². The van der Waals surface area contributed by atoms with Crippen molar-refractivity contribution in [2.24, 2.45) is 0 Å². The average molecular weight is 328 g/mol. The van der Waals surface area contributed by atoms with Crippen molar-refractivity contribution in [3.8, 4) is 5.75 Å². The number of phenolic OH excluding ortho intramolecular Hbond substituents is 1. The molecule has 0 amide bonds. The van der Waals surface area contributed by atoms with E-state index in [9.17, 15) is 9.67 Å². The fourth-order valence-corrected chi connectivity index (χ4v) is 3.38. The fourth-order valence-electron chi connectivity index (χ4n) is 2.68. The summed E-state index contributed by atoms with van der Waals surface area (Å²) in [5.74, 6) is -0.0874. The van der Waals surface area contributed by atoms with Gasteiger partial charge in [0.1, 0.15) is 5.75 Å². The highest BCUT2D eigenvalue weighted by Gasteiger charge is 2.17. The summed E-state index contributed by atoms with van der Waals surface area (Å²) in [6.07, 6.45) is 0.184. The van der Waals surface area contributed by atoms with Crippen molar-refractivity contribution in [1.82, 2.24) is 0 Å². The molecule has 118 valence electrons. The maximum absolute atomic E-state index is 11.2. The molecule has 0 saturated carbocycles. The van der Waals surface area contributed by atoms with Gasteiger partial charge in [0.15, 0.2) is 0 Å². The number of aromatic hydroxyl groups is 1. The predicted octanol–water partition coefficient (Wildman–Crippen LogP) is 3.81. The quantitative estimate of drug-likeness (QED) is 0.636. The van der Waals surface area contributed by atoms with E-state index in [2.05, 4.69) is 24.3 Å². The van der Waals surface area contributed by atoms with Crippen LogP contribution in [-0.4, -0.2) is 14.9 Å². The third-order valence-corrected chi connectivity index (χ3v) is 4.49. The molecule has 0 aliphatic carbocycles. The van der Waals surface area contributed by atoms with Crippen molar-refractivity contribution in [2.45, 2.75) is 12.6 Å². The van der Waals surface area contributed by atoms with Crippen molar-refractivity contribution in [1.29, 1.82) is 0 Å². The third kappa shape index (κ3) is 3.99. The van der Waals surface area contributed by atoms with E-state index in [4.69, 9.17) is 9.79 Å².